The largest absolute Gasteiger partial charge is 0.394 e. The molecule has 1 rings (SSSR count). The molecule has 48 valence electrons. The van der Waals surface area contributed by atoms with Crippen LogP contribution in [0, 0.1) is 0 Å². The average Bonchev–Trinajstić information content (AvgIpc) is 1.80. The fourth-order valence-electron chi connectivity index (χ4n) is 0.500. The molecule has 0 radical (unpaired) electrons. The molecule has 0 fully saturated rings. The van der Waals surface area contributed by atoms with Gasteiger partial charge in [0.2, 0.25) is 0 Å². The van der Waals surface area contributed by atoms with E-state index >= 15 is 0 Å². The highest BCUT2D eigenvalue weighted by molar-refractivity contribution is 5.40. The van der Waals surface area contributed by atoms with Crippen molar-refractivity contribution < 1.29 is 0 Å². The maximum atomic E-state index is 10.6. The molecule has 5 N–H and O–H groups in total. The van der Waals surface area contributed by atoms with Crippen LogP contribution in [0.2, 0.25) is 0 Å². The molecule has 0 unspecified atom stereocenters. The van der Waals surface area contributed by atoms with Crippen LogP contribution in [0.25, 0.3) is 0 Å². The molecule has 1 aromatic heterocycles. The van der Waals surface area contributed by atoms with Gasteiger partial charge in [-0.3, -0.25) is 4.79 Å². The van der Waals surface area contributed by atoms with Crippen molar-refractivity contribution in [2.75, 3.05) is 11.5 Å². The second-order valence-corrected chi connectivity index (χ2v) is 1.70. The molecule has 4 heteroatoms. The third kappa shape index (κ3) is 1.02. The summed E-state index contributed by atoms with van der Waals surface area (Å²) in [6.45, 7) is 0. The lowest BCUT2D eigenvalue weighted by atomic mass is 10.4. The normalized spacial score (nSPS) is 9.33. The fourth-order valence-corrected chi connectivity index (χ4v) is 0.500. The number of hydrogen-bond acceptors (Lipinski definition) is 3. The van der Waals surface area contributed by atoms with Gasteiger partial charge in [-0.2, -0.15) is 0 Å². The predicted octanol–water partition coefficient (Wildman–Crippen LogP) is -0.461. The van der Waals surface area contributed by atoms with E-state index in [1.165, 1.54) is 12.1 Å². The summed E-state index contributed by atoms with van der Waals surface area (Å²) in [5.74, 6) is 0.328. The number of hydrogen-bond donors (Lipinski definition) is 3. The van der Waals surface area contributed by atoms with Crippen molar-refractivity contribution in [3.63, 3.8) is 0 Å². The highest BCUT2D eigenvalue weighted by atomic mass is 16.1. The Kier molecular flexibility index (Phi) is 1.14. The highest BCUT2D eigenvalue weighted by Crippen LogP contribution is 1.94. The molecular weight excluding hydrogens is 118 g/mol. The minimum absolute atomic E-state index is 0.184. The van der Waals surface area contributed by atoms with Crippen LogP contribution in [0.15, 0.2) is 16.9 Å². The lowest BCUT2D eigenvalue weighted by molar-refractivity contribution is 1.25. The van der Waals surface area contributed by atoms with Gasteiger partial charge in [-0.1, -0.05) is 0 Å². The maximum absolute atomic E-state index is 10.6. The number of rotatable bonds is 0. The summed E-state index contributed by atoms with van der Waals surface area (Å²) in [4.78, 5) is 12.9. The van der Waals surface area contributed by atoms with Crippen LogP contribution in [0.3, 0.4) is 0 Å². The zero-order valence-corrected chi connectivity index (χ0v) is 4.72. The number of H-pyrrole nitrogens is 1. The molecule has 0 aromatic carbocycles. The quantitative estimate of drug-likeness (QED) is 0.438. The Morgan fingerprint density at radius 2 is 2.00 bits per heavy atom. The number of nitrogens with two attached hydrogens (primary N) is 2. The summed E-state index contributed by atoms with van der Waals surface area (Å²) < 4.78 is 0. The van der Waals surface area contributed by atoms with Gasteiger partial charge in [-0.15, -0.1) is 0 Å². The van der Waals surface area contributed by atoms with Gasteiger partial charge in [0.05, 0.1) is 5.69 Å². The summed E-state index contributed by atoms with van der Waals surface area (Å²) in [7, 11) is 0. The first-order valence-electron chi connectivity index (χ1n) is 2.44. The number of aromatic nitrogens is 1. The molecular formula is C5H7N3O. The van der Waals surface area contributed by atoms with Crippen LogP contribution in [0.4, 0.5) is 11.5 Å². The van der Waals surface area contributed by atoms with Gasteiger partial charge in [0.15, 0.2) is 0 Å². The van der Waals surface area contributed by atoms with E-state index in [0.29, 0.717) is 5.82 Å². The van der Waals surface area contributed by atoms with Gasteiger partial charge in [0, 0.05) is 0 Å². The summed E-state index contributed by atoms with van der Waals surface area (Å²) in [5.41, 5.74) is 10.3. The summed E-state index contributed by atoms with van der Waals surface area (Å²) >= 11 is 0. The molecule has 0 atom stereocenters. The number of nitrogens with one attached hydrogen (secondary N) is 1. The van der Waals surface area contributed by atoms with Crippen LogP contribution >= 0.6 is 0 Å². The van der Waals surface area contributed by atoms with Gasteiger partial charge < -0.3 is 16.5 Å². The van der Waals surface area contributed by atoms with E-state index in [4.69, 9.17) is 11.5 Å². The van der Waals surface area contributed by atoms with Crippen molar-refractivity contribution in [2.45, 2.75) is 0 Å². The number of nitrogen functional groups attached to an aromatic ring is 2. The van der Waals surface area contributed by atoms with Gasteiger partial charge in [-0.25, -0.2) is 0 Å². The molecule has 0 amide bonds. The Labute approximate surface area is 51.5 Å². The standard InChI is InChI=1S/C5H7N3O/c6-3-1-2-4(7)8-5(3)9/h1-2H,6H2,(H3,7,8,9). The molecule has 0 aliphatic rings. The second-order valence-electron chi connectivity index (χ2n) is 1.70. The smallest absolute Gasteiger partial charge is 0.272 e. The van der Waals surface area contributed by atoms with Crippen molar-refractivity contribution in [1.82, 2.24) is 4.98 Å². The molecule has 1 heterocycles. The first-order chi connectivity index (χ1) is 4.20. The average molecular weight is 125 g/mol. The highest BCUT2D eigenvalue weighted by Gasteiger charge is 1.90. The summed E-state index contributed by atoms with van der Waals surface area (Å²) in [6, 6.07) is 3.00. The van der Waals surface area contributed by atoms with Crippen LogP contribution in [-0.2, 0) is 0 Å². The topological polar surface area (TPSA) is 84.9 Å². The Balaban J connectivity index is 3.34. The van der Waals surface area contributed by atoms with Crippen LogP contribution in [0.5, 0.6) is 0 Å². The number of pyridine rings is 1. The lowest BCUT2D eigenvalue weighted by Crippen LogP contribution is -2.12. The van der Waals surface area contributed by atoms with Crippen molar-refractivity contribution in [1.29, 1.82) is 0 Å². The SMILES string of the molecule is Nc1ccc(N)c(=O)[nH]1. The Morgan fingerprint density at radius 3 is 2.44 bits per heavy atom. The van der Waals surface area contributed by atoms with E-state index in [9.17, 15) is 4.79 Å². The first-order valence-corrected chi connectivity index (χ1v) is 2.44. The van der Waals surface area contributed by atoms with Crippen LogP contribution < -0.4 is 17.0 Å². The van der Waals surface area contributed by atoms with E-state index in [1.807, 2.05) is 0 Å². The molecule has 4 nitrogen and oxygen atoms in total. The minimum atomic E-state index is -0.338. The second kappa shape index (κ2) is 1.81. The zero-order chi connectivity index (χ0) is 6.85. The molecule has 0 saturated carbocycles. The lowest BCUT2D eigenvalue weighted by Gasteiger charge is -1.91. The monoisotopic (exact) mass is 125 g/mol. The van der Waals surface area contributed by atoms with Crippen LogP contribution in [0.1, 0.15) is 0 Å². The van der Waals surface area contributed by atoms with Gasteiger partial charge in [0.25, 0.3) is 5.56 Å². The molecule has 1 aromatic rings. The Hall–Kier alpha value is -1.45. The van der Waals surface area contributed by atoms with Crippen molar-refractivity contribution >= 4 is 11.5 Å². The first kappa shape index (κ1) is 5.68. The van der Waals surface area contributed by atoms with Gasteiger partial charge in [0.1, 0.15) is 5.82 Å². The van der Waals surface area contributed by atoms with Gasteiger partial charge >= 0.3 is 0 Å². The maximum Gasteiger partial charge on any atom is 0.272 e. The molecule has 0 aliphatic heterocycles. The molecule has 0 saturated heterocycles. The Morgan fingerprint density at radius 1 is 1.33 bits per heavy atom. The summed E-state index contributed by atoms with van der Waals surface area (Å²) in [5, 5.41) is 0. The zero-order valence-electron chi connectivity index (χ0n) is 4.72. The van der Waals surface area contributed by atoms with Gasteiger partial charge in [-0.05, 0) is 12.1 Å². The molecule has 0 bridgehead atoms. The third-order valence-corrected chi connectivity index (χ3v) is 0.963. The van der Waals surface area contributed by atoms with E-state index in [-0.39, 0.29) is 11.2 Å². The van der Waals surface area contributed by atoms with Crippen molar-refractivity contribution in [3.8, 4) is 0 Å². The molecule has 9 heavy (non-hydrogen) atoms. The van der Waals surface area contributed by atoms with E-state index in [2.05, 4.69) is 4.98 Å². The third-order valence-electron chi connectivity index (χ3n) is 0.963. The van der Waals surface area contributed by atoms with E-state index < -0.39 is 0 Å². The number of anilines is 2. The van der Waals surface area contributed by atoms with E-state index in [1.54, 1.807) is 0 Å². The Bertz CT molecular complexity index is 265. The number of aromatic amines is 1. The van der Waals surface area contributed by atoms with Crippen molar-refractivity contribution in [2.24, 2.45) is 0 Å². The fraction of sp³-hybridized carbons (Fsp3) is 0. The predicted molar refractivity (Wildman–Crippen MR) is 35.9 cm³/mol. The van der Waals surface area contributed by atoms with Crippen molar-refractivity contribution in [3.05, 3.63) is 22.5 Å². The van der Waals surface area contributed by atoms with E-state index in [0.717, 1.165) is 0 Å². The minimum Gasteiger partial charge on any atom is -0.394 e. The molecule has 0 aliphatic carbocycles. The van der Waals surface area contributed by atoms with Crippen LogP contribution in [-0.4, -0.2) is 4.98 Å². The summed E-state index contributed by atoms with van der Waals surface area (Å²) in [6.07, 6.45) is 0. The molecule has 0 spiro atoms.